The number of hydrogen-bond donors (Lipinski definition) is 0. The van der Waals surface area contributed by atoms with Gasteiger partial charge in [0.1, 0.15) is 11.9 Å². The standard InChI is InChI=1S/C22H34N2O/c1-18(23-14-5-2-6-15-23)21-10-3-4-11-22(21)25-20-12-16-24(17-13-20)19-8-7-9-19/h3-4,10-11,18-20H,2,5-9,12-17H2,1H3. The summed E-state index contributed by atoms with van der Waals surface area (Å²) in [5, 5.41) is 0. The fraction of sp³-hybridized carbons (Fsp3) is 0.727. The van der Waals surface area contributed by atoms with Crippen LogP contribution < -0.4 is 4.74 Å². The van der Waals surface area contributed by atoms with E-state index in [2.05, 4.69) is 41.0 Å². The highest BCUT2D eigenvalue weighted by Crippen LogP contribution is 2.33. The summed E-state index contributed by atoms with van der Waals surface area (Å²) in [5.41, 5.74) is 1.38. The molecule has 1 unspecified atom stereocenters. The van der Waals surface area contributed by atoms with Gasteiger partial charge in [-0.15, -0.1) is 0 Å². The van der Waals surface area contributed by atoms with Gasteiger partial charge in [0, 0.05) is 30.7 Å². The Balaban J connectivity index is 1.37. The maximum Gasteiger partial charge on any atom is 0.124 e. The molecule has 0 N–H and O–H groups in total. The number of hydrogen-bond acceptors (Lipinski definition) is 3. The molecule has 2 heterocycles. The third-order valence-electron chi connectivity index (χ3n) is 6.67. The number of ether oxygens (including phenoxy) is 1. The molecule has 1 saturated carbocycles. The molecule has 3 fully saturated rings. The largest absolute Gasteiger partial charge is 0.490 e. The molecule has 25 heavy (non-hydrogen) atoms. The number of para-hydroxylation sites is 1. The van der Waals surface area contributed by atoms with E-state index in [9.17, 15) is 0 Å². The first kappa shape index (κ1) is 17.4. The third kappa shape index (κ3) is 4.03. The lowest BCUT2D eigenvalue weighted by Crippen LogP contribution is -2.46. The van der Waals surface area contributed by atoms with Gasteiger partial charge in [0.25, 0.3) is 0 Å². The zero-order valence-electron chi connectivity index (χ0n) is 15.8. The van der Waals surface area contributed by atoms with Gasteiger partial charge in [-0.3, -0.25) is 4.90 Å². The quantitative estimate of drug-likeness (QED) is 0.776. The highest BCUT2D eigenvalue weighted by molar-refractivity contribution is 5.36. The summed E-state index contributed by atoms with van der Waals surface area (Å²) in [6, 6.07) is 10.1. The van der Waals surface area contributed by atoms with Crippen molar-refractivity contribution >= 4 is 0 Å². The lowest BCUT2D eigenvalue weighted by molar-refractivity contribution is 0.0481. The SMILES string of the molecule is CC(c1ccccc1OC1CCN(C2CCC2)CC1)N1CCCCC1. The van der Waals surface area contributed by atoms with Gasteiger partial charge in [-0.25, -0.2) is 0 Å². The third-order valence-corrected chi connectivity index (χ3v) is 6.67. The average Bonchev–Trinajstić information content (AvgIpc) is 2.62. The molecule has 1 atom stereocenters. The summed E-state index contributed by atoms with van der Waals surface area (Å²) in [5.74, 6) is 1.13. The summed E-state index contributed by atoms with van der Waals surface area (Å²) in [6.45, 7) is 7.26. The molecule has 138 valence electrons. The normalized spacial score (nSPS) is 25.5. The van der Waals surface area contributed by atoms with E-state index in [1.54, 1.807) is 0 Å². The molecule has 0 bridgehead atoms. The second-order valence-electron chi connectivity index (χ2n) is 8.25. The Hall–Kier alpha value is -1.06. The van der Waals surface area contributed by atoms with Crippen LogP contribution in [0.3, 0.4) is 0 Å². The van der Waals surface area contributed by atoms with E-state index in [0.29, 0.717) is 12.1 Å². The van der Waals surface area contributed by atoms with Crippen molar-refractivity contribution in [3.63, 3.8) is 0 Å². The second kappa shape index (κ2) is 8.09. The summed E-state index contributed by atoms with van der Waals surface area (Å²) < 4.78 is 6.52. The Kier molecular flexibility index (Phi) is 5.62. The van der Waals surface area contributed by atoms with Crippen LogP contribution in [0.25, 0.3) is 0 Å². The lowest BCUT2D eigenvalue weighted by atomic mass is 9.89. The van der Waals surface area contributed by atoms with Crippen molar-refractivity contribution < 1.29 is 4.74 Å². The van der Waals surface area contributed by atoms with Crippen LogP contribution in [0, 0.1) is 0 Å². The van der Waals surface area contributed by atoms with Gasteiger partial charge in [-0.2, -0.15) is 0 Å². The molecule has 1 aromatic carbocycles. The number of nitrogens with zero attached hydrogens (tertiary/aromatic N) is 2. The second-order valence-corrected chi connectivity index (χ2v) is 8.25. The molecule has 2 saturated heterocycles. The predicted molar refractivity (Wildman–Crippen MR) is 103 cm³/mol. The first-order chi connectivity index (χ1) is 12.3. The van der Waals surface area contributed by atoms with Crippen LogP contribution in [0.1, 0.15) is 69.9 Å². The maximum atomic E-state index is 6.52. The van der Waals surface area contributed by atoms with Gasteiger partial charge < -0.3 is 9.64 Å². The van der Waals surface area contributed by atoms with Gasteiger partial charge in [0.05, 0.1) is 0 Å². The smallest absolute Gasteiger partial charge is 0.124 e. The molecule has 3 nitrogen and oxygen atoms in total. The van der Waals surface area contributed by atoms with Crippen LogP contribution in [0.2, 0.25) is 0 Å². The Morgan fingerprint density at radius 3 is 2.28 bits per heavy atom. The number of rotatable bonds is 5. The van der Waals surface area contributed by atoms with Crippen molar-refractivity contribution in [2.45, 2.75) is 76.5 Å². The minimum absolute atomic E-state index is 0.394. The van der Waals surface area contributed by atoms with E-state index in [4.69, 9.17) is 4.74 Å². The van der Waals surface area contributed by atoms with Crippen molar-refractivity contribution in [2.75, 3.05) is 26.2 Å². The van der Waals surface area contributed by atoms with E-state index in [0.717, 1.165) is 11.8 Å². The number of benzene rings is 1. The summed E-state index contributed by atoms with van der Waals surface area (Å²) in [7, 11) is 0. The van der Waals surface area contributed by atoms with E-state index >= 15 is 0 Å². The maximum absolute atomic E-state index is 6.52. The first-order valence-electron chi connectivity index (χ1n) is 10.5. The number of piperidine rings is 2. The van der Waals surface area contributed by atoms with Crippen molar-refractivity contribution in [2.24, 2.45) is 0 Å². The fourth-order valence-electron chi connectivity index (χ4n) is 4.73. The summed E-state index contributed by atoms with van der Waals surface area (Å²) in [4.78, 5) is 5.33. The van der Waals surface area contributed by atoms with Crippen LogP contribution in [0.15, 0.2) is 24.3 Å². The molecule has 0 aromatic heterocycles. The highest BCUT2D eigenvalue weighted by atomic mass is 16.5. The average molecular weight is 343 g/mol. The van der Waals surface area contributed by atoms with Gasteiger partial charge in [0.15, 0.2) is 0 Å². The molecule has 3 aliphatic rings. The van der Waals surface area contributed by atoms with Crippen molar-refractivity contribution in [1.29, 1.82) is 0 Å². The Labute approximate surface area is 153 Å². The highest BCUT2D eigenvalue weighted by Gasteiger charge is 2.30. The van der Waals surface area contributed by atoms with Gasteiger partial charge in [-0.05, 0) is 64.6 Å². The molecule has 0 amide bonds. The molecule has 0 spiro atoms. The summed E-state index contributed by atoms with van der Waals surface area (Å²) in [6.07, 6.45) is 11.1. The van der Waals surface area contributed by atoms with Crippen molar-refractivity contribution in [3.05, 3.63) is 29.8 Å². The number of likely N-dealkylation sites (tertiary alicyclic amines) is 2. The summed E-state index contributed by atoms with van der Waals surface area (Å²) >= 11 is 0. The monoisotopic (exact) mass is 342 g/mol. The van der Waals surface area contributed by atoms with Crippen LogP contribution in [0.5, 0.6) is 5.75 Å². The lowest BCUT2D eigenvalue weighted by Gasteiger charge is -2.42. The van der Waals surface area contributed by atoms with Crippen LogP contribution in [0.4, 0.5) is 0 Å². The van der Waals surface area contributed by atoms with Gasteiger partial charge >= 0.3 is 0 Å². The topological polar surface area (TPSA) is 15.7 Å². The van der Waals surface area contributed by atoms with Crippen molar-refractivity contribution in [1.82, 2.24) is 9.80 Å². The minimum Gasteiger partial charge on any atom is -0.490 e. The molecule has 0 radical (unpaired) electrons. The minimum atomic E-state index is 0.394. The van der Waals surface area contributed by atoms with Crippen molar-refractivity contribution in [3.8, 4) is 5.75 Å². The van der Waals surface area contributed by atoms with E-state index in [1.807, 2.05) is 0 Å². The first-order valence-corrected chi connectivity index (χ1v) is 10.5. The van der Waals surface area contributed by atoms with Crippen LogP contribution in [-0.4, -0.2) is 48.1 Å². The molecule has 4 rings (SSSR count). The predicted octanol–water partition coefficient (Wildman–Crippen LogP) is 4.63. The molecular weight excluding hydrogens is 308 g/mol. The molecule has 1 aliphatic carbocycles. The van der Waals surface area contributed by atoms with Crippen LogP contribution in [-0.2, 0) is 0 Å². The zero-order valence-corrected chi connectivity index (χ0v) is 15.8. The zero-order chi connectivity index (χ0) is 17.1. The molecular formula is C22H34N2O. The van der Waals surface area contributed by atoms with Gasteiger partial charge in [0.2, 0.25) is 0 Å². The van der Waals surface area contributed by atoms with E-state index < -0.39 is 0 Å². The van der Waals surface area contributed by atoms with E-state index in [-0.39, 0.29) is 0 Å². The Morgan fingerprint density at radius 1 is 0.880 bits per heavy atom. The fourth-order valence-corrected chi connectivity index (χ4v) is 4.73. The van der Waals surface area contributed by atoms with E-state index in [1.165, 1.54) is 83.1 Å². The Bertz CT molecular complexity index is 543. The van der Waals surface area contributed by atoms with Crippen LogP contribution >= 0.6 is 0 Å². The Morgan fingerprint density at radius 2 is 1.60 bits per heavy atom. The molecule has 2 aliphatic heterocycles. The van der Waals surface area contributed by atoms with Gasteiger partial charge in [-0.1, -0.05) is 31.0 Å². The molecule has 1 aromatic rings. The molecule has 3 heteroatoms.